The van der Waals surface area contributed by atoms with Gasteiger partial charge in [0.25, 0.3) is 0 Å². The van der Waals surface area contributed by atoms with Gasteiger partial charge in [-0.1, -0.05) is 31.2 Å². The van der Waals surface area contributed by atoms with Gasteiger partial charge in [0, 0.05) is 12.6 Å². The van der Waals surface area contributed by atoms with E-state index in [-0.39, 0.29) is 0 Å². The van der Waals surface area contributed by atoms with Crippen molar-refractivity contribution in [2.75, 3.05) is 13.6 Å². The van der Waals surface area contributed by atoms with E-state index in [9.17, 15) is 0 Å². The molecule has 1 aliphatic rings. The maximum absolute atomic E-state index is 5.58. The normalized spacial score (nSPS) is 23.8. The van der Waals surface area contributed by atoms with Crippen molar-refractivity contribution in [2.45, 2.75) is 51.6 Å². The van der Waals surface area contributed by atoms with Crippen LogP contribution in [-0.2, 0) is 13.0 Å². The molecule has 2 nitrogen and oxygen atoms in total. The van der Waals surface area contributed by atoms with Gasteiger partial charge in [-0.3, -0.25) is 4.90 Å². The van der Waals surface area contributed by atoms with E-state index in [2.05, 4.69) is 43.1 Å². The van der Waals surface area contributed by atoms with Crippen LogP contribution in [0.5, 0.6) is 0 Å². The van der Waals surface area contributed by atoms with Gasteiger partial charge in [0.2, 0.25) is 0 Å². The number of benzene rings is 1. The molecule has 0 saturated heterocycles. The third kappa shape index (κ3) is 4.32. The van der Waals surface area contributed by atoms with Gasteiger partial charge < -0.3 is 5.73 Å². The summed E-state index contributed by atoms with van der Waals surface area (Å²) in [5.74, 6) is 0.931. The third-order valence-corrected chi connectivity index (χ3v) is 4.50. The van der Waals surface area contributed by atoms with Crippen molar-refractivity contribution >= 4 is 0 Å². The molecule has 0 aliphatic heterocycles. The van der Waals surface area contributed by atoms with Crippen molar-refractivity contribution in [2.24, 2.45) is 11.7 Å². The van der Waals surface area contributed by atoms with Crippen LogP contribution in [0.3, 0.4) is 0 Å². The summed E-state index contributed by atoms with van der Waals surface area (Å²) in [5.41, 5.74) is 8.35. The second kappa shape index (κ2) is 7.06. The van der Waals surface area contributed by atoms with Crippen molar-refractivity contribution in [3.8, 4) is 0 Å². The summed E-state index contributed by atoms with van der Waals surface area (Å²) in [5, 5.41) is 0. The van der Waals surface area contributed by atoms with Gasteiger partial charge >= 0.3 is 0 Å². The summed E-state index contributed by atoms with van der Waals surface area (Å²) in [6.45, 7) is 4.19. The Labute approximate surface area is 118 Å². The van der Waals surface area contributed by atoms with E-state index in [1.807, 2.05) is 0 Å². The minimum atomic E-state index is 0.736. The van der Waals surface area contributed by atoms with Crippen LogP contribution in [0, 0.1) is 5.92 Å². The van der Waals surface area contributed by atoms with Gasteiger partial charge in [-0.2, -0.15) is 0 Å². The van der Waals surface area contributed by atoms with Crippen molar-refractivity contribution in [1.82, 2.24) is 4.90 Å². The Morgan fingerprint density at radius 3 is 2.21 bits per heavy atom. The lowest BCUT2D eigenvalue weighted by Crippen LogP contribution is -2.34. The standard InChI is InChI=1S/C17H28N2/c1-14-3-9-17(10-4-14)19(2)13-16-7-5-15(6-8-16)11-12-18/h5-8,14,17H,3-4,9-13,18H2,1-2H3. The molecule has 0 amide bonds. The predicted molar refractivity (Wildman–Crippen MR) is 82.1 cm³/mol. The molecule has 2 heteroatoms. The zero-order chi connectivity index (χ0) is 13.7. The molecule has 19 heavy (non-hydrogen) atoms. The molecule has 0 bridgehead atoms. The average molecular weight is 260 g/mol. The zero-order valence-corrected chi connectivity index (χ0v) is 12.4. The molecule has 0 aromatic heterocycles. The molecule has 106 valence electrons. The highest BCUT2D eigenvalue weighted by Crippen LogP contribution is 2.27. The van der Waals surface area contributed by atoms with E-state index in [1.54, 1.807) is 0 Å². The molecule has 2 N–H and O–H groups in total. The molecule has 1 aliphatic carbocycles. The Morgan fingerprint density at radius 1 is 1.05 bits per heavy atom. The lowest BCUT2D eigenvalue weighted by atomic mass is 9.86. The maximum Gasteiger partial charge on any atom is 0.0233 e. The van der Waals surface area contributed by atoms with E-state index in [4.69, 9.17) is 5.73 Å². The maximum atomic E-state index is 5.58. The first-order chi connectivity index (χ1) is 9.19. The summed E-state index contributed by atoms with van der Waals surface area (Å²) in [4.78, 5) is 2.53. The Morgan fingerprint density at radius 2 is 1.63 bits per heavy atom. The van der Waals surface area contributed by atoms with E-state index >= 15 is 0 Å². The molecule has 1 fully saturated rings. The molecule has 2 rings (SSSR count). The van der Waals surface area contributed by atoms with Gasteiger partial charge in [0.15, 0.2) is 0 Å². The highest BCUT2D eigenvalue weighted by atomic mass is 15.1. The fourth-order valence-electron chi connectivity index (χ4n) is 3.08. The Kier molecular flexibility index (Phi) is 5.41. The molecule has 0 heterocycles. The van der Waals surface area contributed by atoms with Crippen molar-refractivity contribution < 1.29 is 0 Å². The molecule has 0 spiro atoms. The zero-order valence-electron chi connectivity index (χ0n) is 12.4. The molecule has 1 aromatic carbocycles. The minimum Gasteiger partial charge on any atom is -0.330 e. The predicted octanol–water partition coefficient (Wildman–Crippen LogP) is 3.20. The number of nitrogens with zero attached hydrogens (tertiary/aromatic N) is 1. The first-order valence-corrected chi connectivity index (χ1v) is 7.67. The largest absolute Gasteiger partial charge is 0.330 e. The van der Waals surface area contributed by atoms with Crippen molar-refractivity contribution in [1.29, 1.82) is 0 Å². The average Bonchev–Trinajstić information content (AvgIpc) is 2.42. The quantitative estimate of drug-likeness (QED) is 0.881. The first kappa shape index (κ1) is 14.5. The highest BCUT2D eigenvalue weighted by molar-refractivity contribution is 5.22. The highest BCUT2D eigenvalue weighted by Gasteiger charge is 2.21. The summed E-state index contributed by atoms with van der Waals surface area (Å²) in [6, 6.07) is 9.73. The molecular weight excluding hydrogens is 232 g/mol. The van der Waals surface area contributed by atoms with Crippen molar-refractivity contribution in [3.63, 3.8) is 0 Å². The number of hydrogen-bond acceptors (Lipinski definition) is 2. The monoisotopic (exact) mass is 260 g/mol. The molecule has 1 saturated carbocycles. The second-order valence-electron chi connectivity index (χ2n) is 6.18. The topological polar surface area (TPSA) is 29.3 Å². The van der Waals surface area contributed by atoms with Gasteiger partial charge in [-0.15, -0.1) is 0 Å². The van der Waals surface area contributed by atoms with Crippen LogP contribution in [0.4, 0.5) is 0 Å². The summed E-state index contributed by atoms with van der Waals surface area (Å²) < 4.78 is 0. The van der Waals surface area contributed by atoms with E-state index in [0.29, 0.717) is 0 Å². The van der Waals surface area contributed by atoms with Crippen LogP contribution >= 0.6 is 0 Å². The van der Waals surface area contributed by atoms with E-state index in [1.165, 1.54) is 36.8 Å². The molecule has 0 radical (unpaired) electrons. The third-order valence-electron chi connectivity index (χ3n) is 4.50. The molecule has 0 atom stereocenters. The molecule has 1 aromatic rings. The first-order valence-electron chi connectivity index (χ1n) is 7.67. The van der Waals surface area contributed by atoms with Gasteiger partial charge in [-0.05, 0) is 62.7 Å². The second-order valence-corrected chi connectivity index (χ2v) is 6.18. The van der Waals surface area contributed by atoms with Gasteiger partial charge in [0.1, 0.15) is 0 Å². The van der Waals surface area contributed by atoms with Crippen LogP contribution in [0.25, 0.3) is 0 Å². The lowest BCUT2D eigenvalue weighted by molar-refractivity contribution is 0.164. The summed E-state index contributed by atoms with van der Waals surface area (Å²) >= 11 is 0. The van der Waals surface area contributed by atoms with Crippen LogP contribution in [0.2, 0.25) is 0 Å². The van der Waals surface area contributed by atoms with Gasteiger partial charge in [-0.25, -0.2) is 0 Å². The van der Waals surface area contributed by atoms with Gasteiger partial charge in [0.05, 0.1) is 0 Å². The summed E-state index contributed by atoms with van der Waals surface area (Å²) in [6.07, 6.45) is 6.50. The van der Waals surface area contributed by atoms with E-state index < -0.39 is 0 Å². The van der Waals surface area contributed by atoms with Crippen LogP contribution in [0.15, 0.2) is 24.3 Å². The fraction of sp³-hybridized carbons (Fsp3) is 0.647. The fourth-order valence-corrected chi connectivity index (χ4v) is 3.08. The summed E-state index contributed by atoms with van der Waals surface area (Å²) in [7, 11) is 2.27. The minimum absolute atomic E-state index is 0.736. The number of hydrogen-bond donors (Lipinski definition) is 1. The molecule has 0 unspecified atom stereocenters. The number of nitrogens with two attached hydrogens (primary N) is 1. The van der Waals surface area contributed by atoms with Crippen LogP contribution < -0.4 is 5.73 Å². The number of rotatable bonds is 5. The Balaban J connectivity index is 1.86. The van der Waals surface area contributed by atoms with Crippen LogP contribution in [0.1, 0.15) is 43.7 Å². The smallest absolute Gasteiger partial charge is 0.0233 e. The lowest BCUT2D eigenvalue weighted by Gasteiger charge is -2.33. The Bertz CT molecular complexity index is 363. The van der Waals surface area contributed by atoms with Crippen LogP contribution in [-0.4, -0.2) is 24.5 Å². The van der Waals surface area contributed by atoms with E-state index in [0.717, 1.165) is 31.5 Å². The van der Waals surface area contributed by atoms with Crippen molar-refractivity contribution in [3.05, 3.63) is 35.4 Å². The SMILES string of the molecule is CC1CCC(N(C)Cc2ccc(CCN)cc2)CC1. The Hall–Kier alpha value is -0.860. The molecular formula is C17H28N2.